The smallest absolute Gasteiger partial charge is 0.262 e. The van der Waals surface area contributed by atoms with Crippen LogP contribution in [0.1, 0.15) is 21.5 Å². The fourth-order valence-electron chi connectivity index (χ4n) is 4.10. The van der Waals surface area contributed by atoms with Crippen LogP contribution in [0.5, 0.6) is 17.2 Å². The fourth-order valence-corrected chi connectivity index (χ4v) is 5.18. The van der Waals surface area contributed by atoms with Gasteiger partial charge in [0.05, 0.1) is 12.0 Å². The topological polar surface area (TPSA) is 94.2 Å². The third-order valence-corrected chi connectivity index (χ3v) is 7.30. The molecule has 0 spiro atoms. The summed E-state index contributed by atoms with van der Waals surface area (Å²) in [6, 6.07) is 16.9. The van der Waals surface area contributed by atoms with Crippen LogP contribution in [0.15, 0.2) is 65.6 Å². The van der Waals surface area contributed by atoms with Crippen molar-refractivity contribution in [1.29, 1.82) is 0 Å². The number of fused-ring (bicyclic) bond motifs is 2. The number of benzene rings is 3. The highest BCUT2D eigenvalue weighted by Crippen LogP contribution is 2.33. The maximum Gasteiger partial charge on any atom is 0.262 e. The number of rotatable bonds is 5. The van der Waals surface area contributed by atoms with Crippen molar-refractivity contribution in [3.05, 3.63) is 77.4 Å². The number of methoxy groups -OCH3 is 1. The quantitative estimate of drug-likeness (QED) is 0.601. The van der Waals surface area contributed by atoms with Gasteiger partial charge in [0, 0.05) is 30.4 Å². The minimum atomic E-state index is -3.83. The normalized spacial score (nSPS) is 14.8. The van der Waals surface area contributed by atoms with Crippen LogP contribution in [0, 0.1) is 0 Å². The summed E-state index contributed by atoms with van der Waals surface area (Å²) in [5, 5.41) is 0. The SMILES string of the molecule is COc1ccc2c(c1)CN(C(=O)c1ccc(NS(=O)(=O)c3ccc4c(c3)OCCO4)cc1)CC2. The van der Waals surface area contributed by atoms with E-state index < -0.39 is 10.0 Å². The van der Waals surface area contributed by atoms with E-state index in [9.17, 15) is 13.2 Å². The molecule has 0 radical (unpaired) electrons. The van der Waals surface area contributed by atoms with E-state index in [0.29, 0.717) is 49.1 Å². The lowest BCUT2D eigenvalue weighted by molar-refractivity contribution is 0.0734. The summed E-state index contributed by atoms with van der Waals surface area (Å²) >= 11 is 0. The Labute approximate surface area is 198 Å². The third-order valence-electron chi connectivity index (χ3n) is 5.92. The molecule has 0 saturated carbocycles. The molecule has 0 aliphatic carbocycles. The van der Waals surface area contributed by atoms with Gasteiger partial charge >= 0.3 is 0 Å². The average Bonchev–Trinajstić information content (AvgIpc) is 2.87. The molecular formula is C25H24N2O6S. The van der Waals surface area contributed by atoms with Crippen LogP contribution in [0.3, 0.4) is 0 Å². The van der Waals surface area contributed by atoms with Gasteiger partial charge in [0.2, 0.25) is 0 Å². The molecule has 3 aromatic rings. The zero-order valence-corrected chi connectivity index (χ0v) is 19.4. The monoisotopic (exact) mass is 480 g/mol. The van der Waals surface area contributed by atoms with E-state index in [2.05, 4.69) is 4.72 Å². The standard InChI is InChI=1S/C25H24N2O6S/c1-31-21-7-4-17-10-11-27(16-19(17)14-21)25(28)18-2-5-20(6-3-18)26-34(29,30)22-8-9-23-24(15-22)33-13-12-32-23/h2-9,14-15,26H,10-13,16H2,1H3. The number of amides is 1. The van der Waals surface area contributed by atoms with Crippen LogP contribution >= 0.6 is 0 Å². The highest BCUT2D eigenvalue weighted by molar-refractivity contribution is 7.92. The highest BCUT2D eigenvalue weighted by atomic mass is 32.2. The maximum atomic E-state index is 13.0. The minimum Gasteiger partial charge on any atom is -0.497 e. The highest BCUT2D eigenvalue weighted by Gasteiger charge is 2.23. The summed E-state index contributed by atoms with van der Waals surface area (Å²) in [5.74, 6) is 1.58. The van der Waals surface area contributed by atoms with Crippen LogP contribution in [-0.2, 0) is 23.0 Å². The fraction of sp³-hybridized carbons (Fsp3) is 0.240. The number of sulfonamides is 1. The largest absolute Gasteiger partial charge is 0.497 e. The molecular weight excluding hydrogens is 456 g/mol. The van der Waals surface area contributed by atoms with Gasteiger partial charge in [-0.25, -0.2) is 8.42 Å². The zero-order chi connectivity index (χ0) is 23.7. The number of ether oxygens (including phenoxy) is 3. The molecule has 0 unspecified atom stereocenters. The van der Waals surface area contributed by atoms with Gasteiger partial charge in [-0.2, -0.15) is 0 Å². The van der Waals surface area contributed by atoms with Gasteiger partial charge in [0.15, 0.2) is 11.5 Å². The third kappa shape index (κ3) is 4.38. The molecule has 34 heavy (non-hydrogen) atoms. The molecule has 0 fully saturated rings. The Morgan fingerprint density at radius 2 is 1.71 bits per heavy atom. The molecule has 8 nitrogen and oxygen atoms in total. The Hall–Kier alpha value is -3.72. The van der Waals surface area contributed by atoms with E-state index in [-0.39, 0.29) is 10.8 Å². The van der Waals surface area contributed by atoms with Crippen LogP contribution in [0.25, 0.3) is 0 Å². The molecule has 0 atom stereocenters. The first-order valence-electron chi connectivity index (χ1n) is 10.9. The van der Waals surface area contributed by atoms with E-state index >= 15 is 0 Å². The van der Waals surface area contributed by atoms with Gasteiger partial charge in [0.25, 0.3) is 15.9 Å². The Kier molecular flexibility index (Phi) is 5.79. The number of hydrogen-bond acceptors (Lipinski definition) is 6. The molecule has 5 rings (SSSR count). The van der Waals surface area contributed by atoms with Gasteiger partial charge in [-0.05, 0) is 66.1 Å². The van der Waals surface area contributed by atoms with Gasteiger partial charge in [-0.15, -0.1) is 0 Å². The molecule has 2 heterocycles. The molecule has 0 aromatic heterocycles. The van der Waals surface area contributed by atoms with Crippen LogP contribution < -0.4 is 18.9 Å². The summed E-state index contributed by atoms with van der Waals surface area (Å²) in [4.78, 5) is 14.9. The van der Waals surface area contributed by atoms with Crippen molar-refractivity contribution in [2.45, 2.75) is 17.9 Å². The average molecular weight is 481 g/mol. The van der Waals surface area contributed by atoms with E-state index in [1.807, 2.05) is 18.2 Å². The van der Waals surface area contributed by atoms with Crippen molar-refractivity contribution >= 4 is 21.6 Å². The van der Waals surface area contributed by atoms with Crippen molar-refractivity contribution in [2.24, 2.45) is 0 Å². The van der Waals surface area contributed by atoms with E-state index in [1.165, 1.54) is 17.7 Å². The summed E-state index contributed by atoms with van der Waals surface area (Å²) in [7, 11) is -2.21. The second-order valence-corrected chi connectivity index (χ2v) is 9.78. The Morgan fingerprint density at radius 1 is 0.941 bits per heavy atom. The Bertz CT molecular complexity index is 1340. The number of carbonyl (C=O) groups is 1. The van der Waals surface area contributed by atoms with Gasteiger partial charge in [-0.1, -0.05) is 6.07 Å². The maximum absolute atomic E-state index is 13.0. The van der Waals surface area contributed by atoms with Gasteiger partial charge < -0.3 is 19.1 Å². The first-order chi connectivity index (χ1) is 16.4. The van der Waals surface area contributed by atoms with Crippen molar-refractivity contribution < 1.29 is 27.4 Å². The first-order valence-corrected chi connectivity index (χ1v) is 12.4. The summed E-state index contributed by atoms with van der Waals surface area (Å²) in [6.07, 6.45) is 0.776. The number of hydrogen-bond donors (Lipinski definition) is 1. The van der Waals surface area contributed by atoms with Crippen LogP contribution in [-0.4, -0.2) is 46.1 Å². The molecule has 2 aliphatic rings. The molecule has 2 aliphatic heterocycles. The lowest BCUT2D eigenvalue weighted by atomic mass is 9.99. The van der Waals surface area contributed by atoms with Crippen LogP contribution in [0.2, 0.25) is 0 Å². The van der Waals surface area contributed by atoms with E-state index in [1.54, 1.807) is 42.3 Å². The van der Waals surface area contributed by atoms with Crippen LogP contribution in [0.4, 0.5) is 5.69 Å². The summed E-state index contributed by atoms with van der Waals surface area (Å²) < 4.78 is 44.4. The van der Waals surface area contributed by atoms with E-state index in [4.69, 9.17) is 14.2 Å². The molecule has 3 aromatic carbocycles. The second-order valence-electron chi connectivity index (χ2n) is 8.10. The minimum absolute atomic E-state index is 0.0688. The van der Waals surface area contributed by atoms with Crippen molar-refractivity contribution in [3.8, 4) is 17.2 Å². The molecule has 9 heteroatoms. The van der Waals surface area contributed by atoms with Crippen molar-refractivity contribution in [2.75, 3.05) is 31.6 Å². The summed E-state index contributed by atoms with van der Waals surface area (Å²) in [6.45, 7) is 1.93. The number of nitrogens with one attached hydrogen (secondary N) is 1. The molecule has 1 N–H and O–H groups in total. The molecule has 1 amide bonds. The Morgan fingerprint density at radius 3 is 2.47 bits per heavy atom. The summed E-state index contributed by atoms with van der Waals surface area (Å²) in [5.41, 5.74) is 3.14. The zero-order valence-electron chi connectivity index (χ0n) is 18.6. The van der Waals surface area contributed by atoms with Crippen molar-refractivity contribution in [1.82, 2.24) is 4.90 Å². The van der Waals surface area contributed by atoms with Gasteiger partial charge in [-0.3, -0.25) is 9.52 Å². The molecule has 0 bridgehead atoms. The molecule has 176 valence electrons. The van der Waals surface area contributed by atoms with E-state index in [0.717, 1.165) is 17.7 Å². The molecule has 0 saturated heterocycles. The number of anilines is 1. The second kappa shape index (κ2) is 8.90. The first kappa shape index (κ1) is 22.1. The number of nitrogens with zero attached hydrogens (tertiary/aromatic N) is 1. The number of carbonyl (C=O) groups excluding carboxylic acids is 1. The van der Waals surface area contributed by atoms with Gasteiger partial charge in [0.1, 0.15) is 19.0 Å². The van der Waals surface area contributed by atoms with Crippen molar-refractivity contribution in [3.63, 3.8) is 0 Å². The lowest BCUT2D eigenvalue weighted by Gasteiger charge is -2.29. The predicted octanol–water partition coefficient (Wildman–Crippen LogP) is 3.47. The Balaban J connectivity index is 1.28. The lowest BCUT2D eigenvalue weighted by Crippen LogP contribution is -2.35. The predicted molar refractivity (Wildman–Crippen MR) is 126 cm³/mol.